The fraction of sp³-hybridized carbons (Fsp3) is 0.0769. The molecule has 0 aliphatic rings. The topological polar surface area (TPSA) is 82.3 Å². The quantitative estimate of drug-likeness (QED) is 0.161. The molecule has 0 fully saturated rings. The smallest absolute Gasteiger partial charge is 0.166 e. The molecule has 0 aliphatic carbocycles. The minimum absolute atomic E-state index is 0.0421. The van der Waals surface area contributed by atoms with E-state index in [1.165, 1.54) is 5.56 Å². The zero-order valence-corrected chi connectivity index (χ0v) is 33.0. The Labute approximate surface area is 342 Å². The standard InChI is InChI=1S/C52H39N7/c1-52(2,3)38-31-32-44-42(33-38)39-27-16-17-30-43(39)59(44)45-40(50-55-46(34-19-8-4-9-20-34)53-47(56-50)35-21-10-5-11-22-35)28-18-29-41(45)51-57-48(36-23-12-6-13-24-36)54-49(58-51)37-25-14-7-15-26-37/h4-33H,1-3H3. The average Bonchev–Trinajstić information content (AvgIpc) is 3.63. The van der Waals surface area contributed by atoms with Crippen LogP contribution in [0.3, 0.4) is 0 Å². The molecule has 0 saturated heterocycles. The molecular weight excluding hydrogens is 723 g/mol. The van der Waals surface area contributed by atoms with Gasteiger partial charge in [0.2, 0.25) is 0 Å². The van der Waals surface area contributed by atoms with Gasteiger partial charge >= 0.3 is 0 Å². The number of fused-ring (bicyclic) bond motifs is 3. The molecule has 0 atom stereocenters. The molecule has 0 N–H and O–H groups in total. The molecule has 3 aromatic heterocycles. The van der Waals surface area contributed by atoms with E-state index < -0.39 is 0 Å². The van der Waals surface area contributed by atoms with E-state index in [-0.39, 0.29) is 5.41 Å². The fourth-order valence-corrected chi connectivity index (χ4v) is 7.68. The molecule has 0 saturated carbocycles. The Morgan fingerprint density at radius 3 is 1.14 bits per heavy atom. The van der Waals surface area contributed by atoms with Crippen molar-refractivity contribution in [3.63, 3.8) is 0 Å². The van der Waals surface area contributed by atoms with Crippen molar-refractivity contribution in [3.05, 3.63) is 188 Å². The molecule has 7 heteroatoms. The number of benzene rings is 7. The average molecular weight is 762 g/mol. The van der Waals surface area contributed by atoms with E-state index in [0.29, 0.717) is 34.9 Å². The molecule has 282 valence electrons. The first-order valence-electron chi connectivity index (χ1n) is 19.8. The van der Waals surface area contributed by atoms with Crippen LogP contribution in [0.15, 0.2) is 182 Å². The predicted octanol–water partition coefficient (Wildman–Crippen LogP) is 12.5. The summed E-state index contributed by atoms with van der Waals surface area (Å²) in [5.41, 5.74) is 9.38. The Morgan fingerprint density at radius 1 is 0.339 bits per heavy atom. The van der Waals surface area contributed by atoms with Crippen molar-refractivity contribution in [1.82, 2.24) is 34.5 Å². The van der Waals surface area contributed by atoms with E-state index in [0.717, 1.165) is 60.9 Å². The second kappa shape index (κ2) is 14.7. The van der Waals surface area contributed by atoms with Crippen molar-refractivity contribution < 1.29 is 0 Å². The second-order valence-corrected chi connectivity index (χ2v) is 15.6. The summed E-state index contributed by atoms with van der Waals surface area (Å²) in [5.74, 6) is 3.41. The molecule has 7 aromatic carbocycles. The van der Waals surface area contributed by atoms with Gasteiger partial charge in [0.1, 0.15) is 0 Å². The van der Waals surface area contributed by atoms with Crippen LogP contribution >= 0.6 is 0 Å². The zero-order valence-electron chi connectivity index (χ0n) is 33.0. The molecule has 10 aromatic rings. The number of nitrogens with zero attached hydrogens (tertiary/aromatic N) is 7. The lowest BCUT2D eigenvalue weighted by Crippen LogP contribution is -2.10. The molecule has 10 rings (SSSR count). The highest BCUT2D eigenvalue weighted by molar-refractivity contribution is 6.10. The van der Waals surface area contributed by atoms with Gasteiger partial charge in [0.25, 0.3) is 0 Å². The predicted molar refractivity (Wildman–Crippen MR) is 239 cm³/mol. The zero-order chi connectivity index (χ0) is 39.9. The number of aromatic nitrogens is 7. The molecule has 0 amide bonds. The van der Waals surface area contributed by atoms with Crippen LogP contribution < -0.4 is 0 Å². The van der Waals surface area contributed by atoms with Crippen LogP contribution in [0.4, 0.5) is 0 Å². The van der Waals surface area contributed by atoms with Gasteiger partial charge < -0.3 is 4.57 Å². The summed E-state index contributed by atoms with van der Waals surface area (Å²) in [7, 11) is 0. The largest absolute Gasteiger partial charge is 0.308 e. The van der Waals surface area contributed by atoms with Gasteiger partial charge in [0.15, 0.2) is 34.9 Å². The summed E-state index contributed by atoms with van der Waals surface area (Å²) in [4.78, 5) is 31.1. The molecule has 0 unspecified atom stereocenters. The minimum atomic E-state index is -0.0421. The van der Waals surface area contributed by atoms with Crippen LogP contribution in [0, 0.1) is 0 Å². The first-order chi connectivity index (χ1) is 28.9. The van der Waals surface area contributed by atoms with Crippen molar-refractivity contribution in [3.8, 4) is 74.0 Å². The summed E-state index contributed by atoms with van der Waals surface area (Å²) in [5, 5.41) is 2.30. The lowest BCUT2D eigenvalue weighted by molar-refractivity contribution is 0.591. The van der Waals surface area contributed by atoms with Crippen LogP contribution in [0.2, 0.25) is 0 Å². The first-order valence-corrected chi connectivity index (χ1v) is 19.8. The highest BCUT2D eigenvalue weighted by Gasteiger charge is 2.25. The van der Waals surface area contributed by atoms with E-state index in [9.17, 15) is 0 Å². The Balaban J connectivity index is 1.33. The molecule has 0 bridgehead atoms. The van der Waals surface area contributed by atoms with Gasteiger partial charge in [0, 0.05) is 44.2 Å². The number of para-hydroxylation sites is 2. The minimum Gasteiger partial charge on any atom is -0.308 e. The summed E-state index contributed by atoms with van der Waals surface area (Å²) in [6.07, 6.45) is 0. The molecule has 7 nitrogen and oxygen atoms in total. The van der Waals surface area contributed by atoms with Gasteiger partial charge in [0.05, 0.1) is 16.7 Å². The van der Waals surface area contributed by atoms with Gasteiger partial charge in [-0.05, 0) is 41.3 Å². The summed E-state index contributed by atoms with van der Waals surface area (Å²) in [6, 6.07) is 62.0. The van der Waals surface area contributed by atoms with E-state index >= 15 is 0 Å². The van der Waals surface area contributed by atoms with Crippen molar-refractivity contribution in [2.75, 3.05) is 0 Å². The number of hydrogen-bond acceptors (Lipinski definition) is 6. The monoisotopic (exact) mass is 761 g/mol. The van der Waals surface area contributed by atoms with E-state index in [1.54, 1.807) is 0 Å². The maximum atomic E-state index is 5.25. The lowest BCUT2D eigenvalue weighted by Gasteiger charge is -2.20. The summed E-state index contributed by atoms with van der Waals surface area (Å²) < 4.78 is 2.34. The molecular formula is C52H39N7. The van der Waals surface area contributed by atoms with E-state index in [1.807, 2.05) is 127 Å². The molecule has 0 spiro atoms. The lowest BCUT2D eigenvalue weighted by atomic mass is 9.86. The Bertz CT molecular complexity index is 2860. The van der Waals surface area contributed by atoms with Crippen molar-refractivity contribution in [2.45, 2.75) is 26.2 Å². The SMILES string of the molecule is CC(C)(C)c1ccc2c(c1)c1ccccc1n2-c1c(-c2nc(-c3ccccc3)nc(-c3ccccc3)n2)cccc1-c1nc(-c2ccccc2)nc(-c2ccccc2)n1. The Morgan fingerprint density at radius 2 is 0.712 bits per heavy atom. The molecule has 0 aliphatic heterocycles. The van der Waals surface area contributed by atoms with Gasteiger partial charge in [-0.25, -0.2) is 29.9 Å². The first kappa shape index (κ1) is 35.8. The van der Waals surface area contributed by atoms with Gasteiger partial charge in [-0.2, -0.15) is 0 Å². The maximum absolute atomic E-state index is 5.25. The third-order valence-corrected chi connectivity index (χ3v) is 10.7. The Kier molecular flexibility index (Phi) is 8.91. The number of hydrogen-bond donors (Lipinski definition) is 0. The van der Waals surface area contributed by atoms with Crippen molar-refractivity contribution in [2.24, 2.45) is 0 Å². The van der Waals surface area contributed by atoms with Crippen LogP contribution in [-0.2, 0) is 5.41 Å². The highest BCUT2D eigenvalue weighted by atomic mass is 15.1. The van der Waals surface area contributed by atoms with Crippen LogP contribution in [0.25, 0.3) is 95.8 Å². The second-order valence-electron chi connectivity index (χ2n) is 15.6. The molecule has 3 heterocycles. The molecule has 0 radical (unpaired) electrons. The van der Waals surface area contributed by atoms with E-state index in [2.05, 4.69) is 79.9 Å². The van der Waals surface area contributed by atoms with Gasteiger partial charge in [-0.15, -0.1) is 0 Å². The summed E-state index contributed by atoms with van der Waals surface area (Å²) in [6.45, 7) is 6.77. The fourth-order valence-electron chi connectivity index (χ4n) is 7.68. The number of rotatable bonds is 7. The van der Waals surface area contributed by atoms with Gasteiger partial charge in [-0.3, -0.25) is 0 Å². The van der Waals surface area contributed by atoms with Crippen LogP contribution in [-0.4, -0.2) is 34.5 Å². The third-order valence-electron chi connectivity index (χ3n) is 10.7. The summed E-state index contributed by atoms with van der Waals surface area (Å²) >= 11 is 0. The third kappa shape index (κ3) is 6.72. The van der Waals surface area contributed by atoms with Crippen molar-refractivity contribution in [1.29, 1.82) is 0 Å². The van der Waals surface area contributed by atoms with Crippen LogP contribution in [0.5, 0.6) is 0 Å². The van der Waals surface area contributed by atoms with E-state index in [4.69, 9.17) is 29.9 Å². The highest BCUT2D eigenvalue weighted by Crippen LogP contribution is 2.42. The van der Waals surface area contributed by atoms with Crippen molar-refractivity contribution >= 4 is 21.8 Å². The van der Waals surface area contributed by atoms with Gasteiger partial charge in [-0.1, -0.05) is 172 Å². The molecule has 59 heavy (non-hydrogen) atoms. The van der Waals surface area contributed by atoms with Crippen LogP contribution in [0.1, 0.15) is 26.3 Å². The Hall–Kier alpha value is -7.64. The normalized spacial score (nSPS) is 11.6. The maximum Gasteiger partial charge on any atom is 0.166 e.